The lowest BCUT2D eigenvalue weighted by atomic mass is 10.1. The lowest BCUT2D eigenvalue weighted by Gasteiger charge is -2.36. The minimum atomic E-state index is -0.279. The van der Waals surface area contributed by atoms with Crippen molar-refractivity contribution in [1.29, 1.82) is 5.26 Å². The van der Waals surface area contributed by atoms with Crippen LogP contribution in [0.1, 0.15) is 18.1 Å². The van der Waals surface area contributed by atoms with Crippen LogP contribution >= 0.6 is 27.5 Å². The van der Waals surface area contributed by atoms with E-state index in [1.54, 1.807) is 23.1 Å². The first-order chi connectivity index (χ1) is 18.0. The van der Waals surface area contributed by atoms with Crippen molar-refractivity contribution >= 4 is 45.2 Å². The Morgan fingerprint density at radius 3 is 2.38 bits per heavy atom. The maximum Gasteiger partial charge on any atom is 0.264 e. The van der Waals surface area contributed by atoms with Gasteiger partial charge in [0.1, 0.15) is 18.2 Å². The summed E-state index contributed by atoms with van der Waals surface area (Å²) >= 11 is 9.82. The summed E-state index contributed by atoms with van der Waals surface area (Å²) in [5, 5.41) is 10.4. The summed E-state index contributed by atoms with van der Waals surface area (Å²) in [7, 11) is 0. The largest absolute Gasteiger partial charge is 0.490 e. The van der Waals surface area contributed by atoms with Gasteiger partial charge in [-0.15, -0.1) is 0 Å². The first-order valence-electron chi connectivity index (χ1n) is 12.0. The van der Waals surface area contributed by atoms with Crippen molar-refractivity contribution in [3.05, 3.63) is 92.9 Å². The molecule has 37 heavy (non-hydrogen) atoms. The number of carbonyl (C=O) groups excluding carboxylic acids is 1. The van der Waals surface area contributed by atoms with Gasteiger partial charge in [-0.1, -0.05) is 63.9 Å². The fourth-order valence-electron chi connectivity index (χ4n) is 4.09. The maximum absolute atomic E-state index is 13.2. The number of hydrogen-bond acceptors (Lipinski definition) is 5. The topological polar surface area (TPSA) is 65.8 Å². The Bertz CT molecular complexity index is 1320. The van der Waals surface area contributed by atoms with Crippen LogP contribution in [-0.2, 0) is 11.4 Å². The molecule has 0 unspecified atom stereocenters. The van der Waals surface area contributed by atoms with Gasteiger partial charge in [0.15, 0.2) is 11.5 Å². The molecule has 0 spiro atoms. The molecule has 4 rings (SSSR count). The van der Waals surface area contributed by atoms with Gasteiger partial charge in [0, 0.05) is 46.9 Å². The van der Waals surface area contributed by atoms with Crippen molar-refractivity contribution in [1.82, 2.24) is 4.90 Å². The Labute approximate surface area is 230 Å². The van der Waals surface area contributed by atoms with Gasteiger partial charge in [0.2, 0.25) is 0 Å². The van der Waals surface area contributed by atoms with Crippen LogP contribution in [0.4, 0.5) is 5.69 Å². The zero-order valence-electron chi connectivity index (χ0n) is 20.5. The van der Waals surface area contributed by atoms with Gasteiger partial charge in [0.05, 0.1) is 6.61 Å². The molecule has 3 aromatic carbocycles. The summed E-state index contributed by atoms with van der Waals surface area (Å²) in [6.45, 7) is 5.12. The second-order valence-corrected chi connectivity index (χ2v) is 9.68. The molecule has 1 aliphatic heterocycles. The predicted octanol–water partition coefficient (Wildman–Crippen LogP) is 6.34. The van der Waals surface area contributed by atoms with Crippen LogP contribution < -0.4 is 14.4 Å². The van der Waals surface area contributed by atoms with Crippen molar-refractivity contribution in [3.8, 4) is 17.6 Å². The standard InChI is InChI=1S/C29H27BrClN3O3/c1-2-36-27-17-22(25(30)18-28(27)37-20-21-8-6-7-11-26(21)31)16-23(19-32)29(35)34-14-12-33(13-15-34)24-9-4-3-5-10-24/h3-11,16-18H,2,12-15,20H2,1H3/b23-16-. The van der Waals surface area contributed by atoms with E-state index in [4.69, 9.17) is 21.1 Å². The third kappa shape index (κ3) is 6.65. The van der Waals surface area contributed by atoms with Gasteiger partial charge >= 0.3 is 0 Å². The van der Waals surface area contributed by atoms with E-state index in [2.05, 4.69) is 39.0 Å². The van der Waals surface area contributed by atoms with E-state index in [0.29, 0.717) is 59.3 Å². The van der Waals surface area contributed by atoms with E-state index in [1.165, 1.54) is 0 Å². The Morgan fingerprint density at radius 2 is 1.70 bits per heavy atom. The van der Waals surface area contributed by atoms with Gasteiger partial charge in [-0.2, -0.15) is 5.26 Å². The third-order valence-electron chi connectivity index (χ3n) is 6.04. The molecule has 1 amide bonds. The SMILES string of the molecule is CCOc1cc(/C=C(/C#N)C(=O)N2CCN(c3ccccc3)CC2)c(Br)cc1OCc1ccccc1Cl. The molecular formula is C29H27BrClN3O3. The molecular weight excluding hydrogens is 554 g/mol. The highest BCUT2D eigenvalue weighted by molar-refractivity contribution is 9.10. The van der Waals surface area contributed by atoms with Crippen molar-refractivity contribution in [2.45, 2.75) is 13.5 Å². The molecule has 0 atom stereocenters. The summed E-state index contributed by atoms with van der Waals surface area (Å²) in [5.41, 5.74) is 2.72. The summed E-state index contributed by atoms with van der Waals surface area (Å²) in [5.74, 6) is 0.775. The smallest absolute Gasteiger partial charge is 0.264 e. The lowest BCUT2D eigenvalue weighted by Crippen LogP contribution is -2.49. The lowest BCUT2D eigenvalue weighted by molar-refractivity contribution is -0.126. The Hall–Kier alpha value is -3.47. The molecule has 6 nitrogen and oxygen atoms in total. The van der Waals surface area contributed by atoms with Crippen molar-refractivity contribution in [2.75, 3.05) is 37.7 Å². The minimum absolute atomic E-state index is 0.0704. The van der Waals surface area contributed by atoms with E-state index in [0.717, 1.165) is 11.3 Å². The molecule has 0 saturated carbocycles. The first kappa shape index (κ1) is 26.6. The molecule has 3 aromatic rings. The van der Waals surface area contributed by atoms with Crippen LogP contribution in [0.15, 0.2) is 76.8 Å². The predicted molar refractivity (Wildman–Crippen MR) is 150 cm³/mol. The molecule has 0 aliphatic carbocycles. The van der Waals surface area contributed by atoms with Gasteiger partial charge in [-0.25, -0.2) is 0 Å². The van der Waals surface area contributed by atoms with Crippen LogP contribution in [0.2, 0.25) is 5.02 Å². The van der Waals surface area contributed by atoms with E-state index < -0.39 is 0 Å². The van der Waals surface area contributed by atoms with Crippen LogP contribution in [-0.4, -0.2) is 43.6 Å². The molecule has 0 bridgehead atoms. The number of benzene rings is 3. The molecule has 190 valence electrons. The number of para-hydroxylation sites is 1. The van der Waals surface area contributed by atoms with Gasteiger partial charge in [-0.3, -0.25) is 4.79 Å². The van der Waals surface area contributed by atoms with Crippen LogP contribution in [0.25, 0.3) is 6.08 Å². The molecule has 1 heterocycles. The number of nitrogens with zero attached hydrogens (tertiary/aromatic N) is 3. The number of nitriles is 1. The summed E-state index contributed by atoms with van der Waals surface area (Å²) in [6, 6.07) is 23.2. The minimum Gasteiger partial charge on any atom is -0.490 e. The quantitative estimate of drug-likeness (QED) is 0.230. The van der Waals surface area contributed by atoms with Crippen molar-refractivity contribution in [3.63, 3.8) is 0 Å². The highest BCUT2D eigenvalue weighted by Crippen LogP contribution is 2.36. The van der Waals surface area contributed by atoms with Gasteiger partial charge in [-0.05, 0) is 48.9 Å². The average Bonchev–Trinajstić information content (AvgIpc) is 2.93. The second kappa shape index (κ2) is 12.7. The monoisotopic (exact) mass is 579 g/mol. The average molecular weight is 581 g/mol. The van der Waals surface area contributed by atoms with E-state index in [1.807, 2.05) is 49.4 Å². The third-order valence-corrected chi connectivity index (χ3v) is 7.10. The van der Waals surface area contributed by atoms with Crippen molar-refractivity contribution < 1.29 is 14.3 Å². The number of carbonyl (C=O) groups is 1. The number of hydrogen-bond donors (Lipinski definition) is 0. The summed E-state index contributed by atoms with van der Waals surface area (Å²) in [6.07, 6.45) is 1.59. The van der Waals surface area contributed by atoms with Crippen molar-refractivity contribution in [2.24, 2.45) is 0 Å². The second-order valence-electron chi connectivity index (χ2n) is 8.42. The summed E-state index contributed by atoms with van der Waals surface area (Å²) < 4.78 is 12.5. The van der Waals surface area contributed by atoms with Gasteiger partial charge < -0.3 is 19.3 Å². The normalized spacial score (nSPS) is 13.7. The zero-order chi connectivity index (χ0) is 26.2. The first-order valence-corrected chi connectivity index (χ1v) is 13.2. The Morgan fingerprint density at radius 1 is 1.03 bits per heavy atom. The molecule has 0 radical (unpaired) electrons. The number of rotatable bonds is 8. The number of ether oxygens (including phenoxy) is 2. The van der Waals surface area contributed by atoms with E-state index in [-0.39, 0.29) is 18.1 Å². The number of piperazine rings is 1. The van der Waals surface area contributed by atoms with Crippen LogP contribution in [0, 0.1) is 11.3 Å². The summed E-state index contributed by atoms with van der Waals surface area (Å²) in [4.78, 5) is 17.2. The molecule has 1 fully saturated rings. The molecule has 0 aromatic heterocycles. The van der Waals surface area contributed by atoms with E-state index >= 15 is 0 Å². The van der Waals surface area contributed by atoms with E-state index in [9.17, 15) is 10.1 Å². The molecule has 1 saturated heterocycles. The van der Waals surface area contributed by atoms with Crippen LogP contribution in [0.3, 0.4) is 0 Å². The van der Waals surface area contributed by atoms with Crippen LogP contribution in [0.5, 0.6) is 11.5 Å². The molecule has 8 heteroatoms. The maximum atomic E-state index is 13.2. The Balaban J connectivity index is 1.50. The highest BCUT2D eigenvalue weighted by atomic mass is 79.9. The Kier molecular flexibility index (Phi) is 9.10. The number of amides is 1. The zero-order valence-corrected chi connectivity index (χ0v) is 22.8. The van der Waals surface area contributed by atoms with Gasteiger partial charge in [0.25, 0.3) is 5.91 Å². The number of halogens is 2. The fraction of sp³-hybridized carbons (Fsp3) is 0.241. The highest BCUT2D eigenvalue weighted by Gasteiger charge is 2.24. The molecule has 0 N–H and O–H groups in total. The fourth-order valence-corrected chi connectivity index (χ4v) is 4.71. The molecule has 1 aliphatic rings. The number of anilines is 1.